The summed E-state index contributed by atoms with van der Waals surface area (Å²) in [5.41, 5.74) is 0. The number of ether oxygens (including phenoxy) is 4. The number of unbranched alkanes of at least 4 members (excludes halogenated alkanes) is 4. The average molecular weight is 775 g/mol. The van der Waals surface area contributed by atoms with Crippen LogP contribution in [0.3, 0.4) is 0 Å². The minimum atomic E-state index is -1.28. The maximum absolute atomic E-state index is 12.1. The first kappa shape index (κ1) is 50.1. The molecule has 312 valence electrons. The number of hydrogen-bond acceptors (Lipinski definition) is 11. The van der Waals surface area contributed by atoms with Gasteiger partial charge in [0.05, 0.1) is 39.6 Å². The largest absolute Gasteiger partial charge is 0.480 e. The van der Waals surface area contributed by atoms with Gasteiger partial charge in [0.1, 0.15) is 19.3 Å². The number of carboxylic acids is 1. The summed E-state index contributed by atoms with van der Waals surface area (Å²) in [5, 5.41) is 25.4. The number of nitrogens with one attached hydrogen (secondary N) is 6. The summed E-state index contributed by atoms with van der Waals surface area (Å²) in [6.07, 6.45) is 8.03. The number of carboxylic acid groups (broad SMARTS) is 1. The Hall–Kier alpha value is -3.87. The molecule has 0 rings (SSSR count). The van der Waals surface area contributed by atoms with E-state index in [0.29, 0.717) is 51.9 Å². The number of hydrogen-bond donors (Lipinski definition) is 7. The molecule has 0 bridgehead atoms. The number of aliphatic carboxylic acids is 1. The third-order valence-corrected chi connectivity index (χ3v) is 7.56. The summed E-state index contributed by atoms with van der Waals surface area (Å²) < 4.78 is 21.2. The normalized spacial score (nSPS) is 11.3. The maximum Gasteiger partial charge on any atom is 0.326 e. The Balaban J connectivity index is 3.69. The van der Waals surface area contributed by atoms with Crippen LogP contribution in [0.25, 0.3) is 0 Å². The summed E-state index contributed by atoms with van der Waals surface area (Å²) in [5.74, 6) is -2.81. The molecule has 18 heteroatoms. The molecule has 0 saturated carbocycles. The highest BCUT2D eigenvalue weighted by atomic mass is 16.5. The molecule has 0 aliphatic carbocycles. The van der Waals surface area contributed by atoms with Gasteiger partial charge in [-0.15, -0.1) is 0 Å². The van der Waals surface area contributed by atoms with Gasteiger partial charge in [-0.05, 0) is 32.1 Å². The Morgan fingerprint density at radius 3 is 1.39 bits per heavy atom. The van der Waals surface area contributed by atoms with Gasteiger partial charge in [-0.3, -0.25) is 28.8 Å². The van der Waals surface area contributed by atoms with E-state index in [0.717, 1.165) is 38.5 Å². The highest BCUT2D eigenvalue weighted by Gasteiger charge is 2.21. The lowest BCUT2D eigenvalue weighted by Crippen LogP contribution is -2.43. The predicted octanol–water partition coefficient (Wildman–Crippen LogP) is 0.314. The molecule has 1 unspecified atom stereocenters. The van der Waals surface area contributed by atoms with Crippen LogP contribution >= 0.6 is 0 Å². The molecule has 7 N–H and O–H groups in total. The van der Waals surface area contributed by atoms with Crippen LogP contribution in [0, 0.1) is 0 Å². The lowest BCUT2D eigenvalue weighted by molar-refractivity contribution is -0.143. The van der Waals surface area contributed by atoms with E-state index in [1.165, 1.54) is 0 Å². The van der Waals surface area contributed by atoms with Crippen molar-refractivity contribution in [2.75, 3.05) is 85.6 Å². The lowest BCUT2D eigenvalue weighted by atomic mass is 10.1. The standard InChI is InChI=1S/C36H66N6O12/c1-3-5-7-8-11-30(43)38-17-10-13-32(45)40-19-21-51-23-25-53-27-34(47)41-20-22-52-24-26-54-28-35(48)42-29(36(49)50)14-15-33(46)39-18-9-12-31(44)37-16-6-4-2/h29H,3-28H2,1-2H3,(H,37,44)(H,38,43)(H,39,46)(H,40,45)(H,41,47)(H,42,48)(H,49,50). The van der Waals surface area contributed by atoms with Gasteiger partial charge >= 0.3 is 5.97 Å². The van der Waals surface area contributed by atoms with Crippen LogP contribution < -0.4 is 31.9 Å². The molecule has 0 radical (unpaired) electrons. The van der Waals surface area contributed by atoms with Crippen LogP contribution in [-0.2, 0) is 52.5 Å². The fourth-order valence-electron chi connectivity index (χ4n) is 4.54. The van der Waals surface area contributed by atoms with E-state index in [1.54, 1.807) is 0 Å². The summed E-state index contributed by atoms with van der Waals surface area (Å²) in [6.45, 7) is 6.70. The molecule has 0 aliphatic rings. The van der Waals surface area contributed by atoms with E-state index in [4.69, 9.17) is 18.9 Å². The van der Waals surface area contributed by atoms with E-state index in [1.807, 2.05) is 6.92 Å². The molecule has 0 aliphatic heterocycles. The van der Waals surface area contributed by atoms with Crippen molar-refractivity contribution in [1.82, 2.24) is 31.9 Å². The van der Waals surface area contributed by atoms with Gasteiger partial charge in [-0.25, -0.2) is 4.79 Å². The second kappa shape index (κ2) is 36.1. The predicted molar refractivity (Wildman–Crippen MR) is 199 cm³/mol. The van der Waals surface area contributed by atoms with E-state index in [-0.39, 0.29) is 102 Å². The highest BCUT2D eigenvalue weighted by molar-refractivity contribution is 5.85. The van der Waals surface area contributed by atoms with Gasteiger partial charge in [-0.2, -0.15) is 0 Å². The Morgan fingerprint density at radius 1 is 0.444 bits per heavy atom. The fraction of sp³-hybridized carbons (Fsp3) is 0.806. The molecule has 54 heavy (non-hydrogen) atoms. The molecule has 0 spiro atoms. The zero-order valence-corrected chi connectivity index (χ0v) is 32.4. The van der Waals surface area contributed by atoms with Crippen LogP contribution in [0.4, 0.5) is 0 Å². The quantitative estimate of drug-likeness (QED) is 0.0422. The average Bonchev–Trinajstić information content (AvgIpc) is 3.14. The van der Waals surface area contributed by atoms with Crippen molar-refractivity contribution in [3.63, 3.8) is 0 Å². The smallest absolute Gasteiger partial charge is 0.326 e. The first-order valence-electron chi connectivity index (χ1n) is 19.3. The topological polar surface area (TPSA) is 249 Å². The Kier molecular flexibility index (Phi) is 33.5. The van der Waals surface area contributed by atoms with Crippen LogP contribution in [0.2, 0.25) is 0 Å². The van der Waals surface area contributed by atoms with Crippen molar-refractivity contribution < 1.29 is 57.6 Å². The van der Waals surface area contributed by atoms with Crippen molar-refractivity contribution in [2.24, 2.45) is 0 Å². The van der Waals surface area contributed by atoms with Gasteiger partial charge in [0.15, 0.2) is 0 Å². The SMILES string of the molecule is CCCCCCC(=O)NCCCC(=O)NCCOCCOCC(=O)NCCOCCOCC(=O)NC(CCC(=O)NCCCC(=O)NCCCC)C(=O)O. The summed E-state index contributed by atoms with van der Waals surface area (Å²) >= 11 is 0. The molecule has 0 heterocycles. The van der Waals surface area contributed by atoms with Gasteiger partial charge in [-0.1, -0.05) is 39.5 Å². The maximum atomic E-state index is 12.1. The van der Waals surface area contributed by atoms with E-state index < -0.39 is 24.5 Å². The zero-order chi connectivity index (χ0) is 40.1. The summed E-state index contributed by atoms with van der Waals surface area (Å²) in [6, 6.07) is -1.26. The molecule has 0 aromatic rings. The molecule has 0 saturated heterocycles. The molecule has 0 fully saturated rings. The second-order valence-electron chi connectivity index (χ2n) is 12.4. The molecule has 0 aromatic heterocycles. The fourth-order valence-corrected chi connectivity index (χ4v) is 4.54. The minimum Gasteiger partial charge on any atom is -0.480 e. The third kappa shape index (κ3) is 33.9. The summed E-state index contributed by atoms with van der Waals surface area (Å²) in [7, 11) is 0. The first-order valence-corrected chi connectivity index (χ1v) is 19.3. The third-order valence-electron chi connectivity index (χ3n) is 7.56. The highest BCUT2D eigenvalue weighted by Crippen LogP contribution is 2.02. The molecule has 1 atom stereocenters. The van der Waals surface area contributed by atoms with Crippen LogP contribution in [0.5, 0.6) is 0 Å². The van der Waals surface area contributed by atoms with Gasteiger partial charge in [0.2, 0.25) is 35.4 Å². The number of amides is 6. The molecular weight excluding hydrogens is 708 g/mol. The van der Waals surface area contributed by atoms with Crippen molar-refractivity contribution in [1.29, 1.82) is 0 Å². The Morgan fingerprint density at radius 2 is 0.870 bits per heavy atom. The van der Waals surface area contributed by atoms with E-state index >= 15 is 0 Å². The molecule has 0 aromatic carbocycles. The lowest BCUT2D eigenvalue weighted by Gasteiger charge is -2.14. The van der Waals surface area contributed by atoms with Gasteiger partial charge in [0, 0.05) is 58.4 Å². The van der Waals surface area contributed by atoms with E-state index in [2.05, 4.69) is 38.8 Å². The summed E-state index contributed by atoms with van der Waals surface area (Å²) in [4.78, 5) is 82.8. The molecule has 6 amide bonds. The van der Waals surface area contributed by atoms with Crippen molar-refractivity contribution >= 4 is 41.4 Å². The minimum absolute atomic E-state index is 0.0254. The zero-order valence-electron chi connectivity index (χ0n) is 32.4. The Labute approximate surface area is 319 Å². The monoisotopic (exact) mass is 774 g/mol. The van der Waals surface area contributed by atoms with E-state index in [9.17, 15) is 38.7 Å². The van der Waals surface area contributed by atoms with Crippen LogP contribution in [0.15, 0.2) is 0 Å². The molecule has 18 nitrogen and oxygen atoms in total. The number of rotatable bonds is 37. The van der Waals surface area contributed by atoms with Crippen LogP contribution in [0.1, 0.15) is 97.3 Å². The first-order chi connectivity index (χ1) is 26.1. The van der Waals surface area contributed by atoms with Crippen molar-refractivity contribution in [3.8, 4) is 0 Å². The number of carbonyl (C=O) groups is 7. The number of carbonyl (C=O) groups excluding carboxylic acids is 6. The molecular formula is C36H66N6O12. The van der Waals surface area contributed by atoms with Crippen molar-refractivity contribution in [3.05, 3.63) is 0 Å². The van der Waals surface area contributed by atoms with Gasteiger partial charge < -0.3 is 56.0 Å². The Bertz CT molecular complexity index is 1070. The van der Waals surface area contributed by atoms with Crippen LogP contribution in [-0.4, -0.2) is 138 Å². The van der Waals surface area contributed by atoms with Gasteiger partial charge in [0.25, 0.3) is 0 Å². The van der Waals surface area contributed by atoms with Crippen molar-refractivity contribution in [2.45, 2.75) is 103 Å². The second-order valence-corrected chi connectivity index (χ2v) is 12.4.